The van der Waals surface area contributed by atoms with Crippen LogP contribution in [0.4, 0.5) is 5.69 Å². The Labute approximate surface area is 184 Å². The molecule has 9 heteroatoms. The Kier molecular flexibility index (Phi) is 7.45. The Morgan fingerprint density at radius 1 is 1.06 bits per heavy atom. The number of hydrogen-bond donors (Lipinski definition) is 2. The van der Waals surface area contributed by atoms with E-state index in [1.807, 2.05) is 24.3 Å². The highest BCUT2D eigenvalue weighted by molar-refractivity contribution is 7.99. The van der Waals surface area contributed by atoms with Gasteiger partial charge < -0.3 is 14.8 Å². The summed E-state index contributed by atoms with van der Waals surface area (Å²) in [5, 5.41) is 10.2. The number of methoxy groups -OCH3 is 2. The Bertz CT molecular complexity index is 1090. The third-order valence-corrected chi connectivity index (χ3v) is 5.08. The summed E-state index contributed by atoms with van der Waals surface area (Å²) >= 11 is 1.22. The van der Waals surface area contributed by atoms with Crippen molar-refractivity contribution in [1.82, 2.24) is 15.2 Å². The van der Waals surface area contributed by atoms with E-state index in [2.05, 4.69) is 20.5 Å². The number of rotatable bonds is 9. The molecule has 0 aliphatic heterocycles. The summed E-state index contributed by atoms with van der Waals surface area (Å²) in [6, 6.07) is 12.3. The molecule has 0 aliphatic rings. The number of ketones is 1. The smallest absolute Gasteiger partial charge is 0.234 e. The summed E-state index contributed by atoms with van der Waals surface area (Å²) in [6.45, 7) is 1.50. The van der Waals surface area contributed by atoms with Gasteiger partial charge >= 0.3 is 0 Å². The van der Waals surface area contributed by atoms with Crippen molar-refractivity contribution < 1.29 is 19.1 Å². The zero-order chi connectivity index (χ0) is 22.2. The van der Waals surface area contributed by atoms with Crippen molar-refractivity contribution in [3.63, 3.8) is 0 Å². The van der Waals surface area contributed by atoms with Gasteiger partial charge in [0.2, 0.25) is 11.1 Å². The molecular weight excluding hydrogens is 416 g/mol. The highest BCUT2D eigenvalue weighted by Crippen LogP contribution is 2.28. The molecule has 1 heterocycles. The number of amides is 1. The first kappa shape index (κ1) is 22.1. The average molecular weight is 439 g/mol. The van der Waals surface area contributed by atoms with Gasteiger partial charge in [0.25, 0.3) is 0 Å². The molecule has 0 spiro atoms. The fourth-order valence-electron chi connectivity index (χ4n) is 2.64. The van der Waals surface area contributed by atoms with E-state index in [9.17, 15) is 9.59 Å². The van der Waals surface area contributed by atoms with Crippen LogP contribution in [0.1, 0.15) is 28.7 Å². The van der Waals surface area contributed by atoms with Crippen molar-refractivity contribution in [2.24, 2.45) is 0 Å². The van der Waals surface area contributed by atoms with Gasteiger partial charge in [-0.05, 0) is 55.0 Å². The molecule has 0 radical (unpaired) electrons. The lowest BCUT2D eigenvalue weighted by molar-refractivity contribution is -0.113. The largest absolute Gasteiger partial charge is 0.493 e. The number of ether oxygens (including phenoxy) is 2. The fraction of sp³-hybridized carbons (Fsp3) is 0.182. The number of aromatic nitrogens is 3. The number of H-pyrrole nitrogens is 1. The standard InChI is InChI=1S/C22H22N4O4S/c1-14(27)16-6-8-17(9-7-16)23-21(28)13-31-22-24-20(25-26-22)11-5-15-4-10-18(29-2)19(12-15)30-3/h4-12H,13H2,1-3H3,(H,23,28)(H,24,25,26). The van der Waals surface area contributed by atoms with Gasteiger partial charge in [-0.3, -0.25) is 14.7 Å². The number of carbonyl (C=O) groups excluding carboxylic acids is 2. The maximum Gasteiger partial charge on any atom is 0.234 e. The molecule has 160 valence electrons. The van der Waals surface area contributed by atoms with Crippen molar-refractivity contribution in [2.75, 3.05) is 25.3 Å². The second-order valence-electron chi connectivity index (χ2n) is 6.42. The van der Waals surface area contributed by atoms with Gasteiger partial charge in [0.15, 0.2) is 17.3 Å². The van der Waals surface area contributed by atoms with Crippen molar-refractivity contribution in [2.45, 2.75) is 12.1 Å². The van der Waals surface area contributed by atoms with Gasteiger partial charge in [-0.1, -0.05) is 23.9 Å². The van der Waals surface area contributed by atoms with E-state index in [1.54, 1.807) is 44.6 Å². The molecule has 0 atom stereocenters. The Hall–Kier alpha value is -3.59. The molecule has 31 heavy (non-hydrogen) atoms. The maximum absolute atomic E-state index is 12.1. The van der Waals surface area contributed by atoms with Crippen LogP contribution < -0.4 is 14.8 Å². The molecule has 0 unspecified atom stereocenters. The van der Waals surface area contributed by atoms with Crippen LogP contribution in [0.2, 0.25) is 0 Å². The number of hydrogen-bond acceptors (Lipinski definition) is 7. The van der Waals surface area contributed by atoms with Crippen LogP contribution in [-0.2, 0) is 4.79 Å². The lowest BCUT2D eigenvalue weighted by Gasteiger charge is -2.07. The minimum absolute atomic E-state index is 0.0194. The Balaban J connectivity index is 1.53. The normalized spacial score (nSPS) is 10.8. The van der Waals surface area contributed by atoms with E-state index in [4.69, 9.17) is 9.47 Å². The monoisotopic (exact) mass is 438 g/mol. The predicted molar refractivity (Wildman–Crippen MR) is 121 cm³/mol. The van der Waals surface area contributed by atoms with Gasteiger partial charge in [0.1, 0.15) is 5.82 Å². The number of carbonyl (C=O) groups is 2. The molecule has 0 aliphatic carbocycles. The quantitative estimate of drug-likeness (QED) is 0.385. The molecule has 0 bridgehead atoms. The molecule has 0 fully saturated rings. The van der Waals surface area contributed by atoms with E-state index < -0.39 is 0 Å². The number of Topliss-reactive ketones (excluding diaryl/α,β-unsaturated/α-hetero) is 1. The molecule has 2 aromatic carbocycles. The van der Waals surface area contributed by atoms with Crippen LogP contribution >= 0.6 is 11.8 Å². The van der Waals surface area contributed by atoms with Gasteiger partial charge in [-0.15, -0.1) is 5.10 Å². The molecule has 2 N–H and O–H groups in total. The molecular formula is C22H22N4O4S. The topological polar surface area (TPSA) is 106 Å². The molecule has 1 aromatic heterocycles. The van der Waals surface area contributed by atoms with Crippen LogP contribution in [0.5, 0.6) is 11.5 Å². The second kappa shape index (κ2) is 10.4. The number of aromatic amines is 1. The van der Waals surface area contributed by atoms with Crippen LogP contribution in [0.25, 0.3) is 12.2 Å². The first-order valence-corrected chi connectivity index (χ1v) is 10.3. The van der Waals surface area contributed by atoms with Crippen LogP contribution in [0, 0.1) is 0 Å². The minimum Gasteiger partial charge on any atom is -0.493 e. The number of benzene rings is 2. The number of thioether (sulfide) groups is 1. The Morgan fingerprint density at radius 2 is 1.81 bits per heavy atom. The first-order chi connectivity index (χ1) is 15.0. The highest BCUT2D eigenvalue weighted by Gasteiger charge is 2.08. The third kappa shape index (κ3) is 6.19. The number of nitrogens with one attached hydrogen (secondary N) is 2. The maximum atomic E-state index is 12.1. The van der Waals surface area contributed by atoms with E-state index in [1.165, 1.54) is 18.7 Å². The third-order valence-electron chi connectivity index (χ3n) is 4.23. The van der Waals surface area contributed by atoms with E-state index >= 15 is 0 Å². The SMILES string of the molecule is COc1ccc(C=Cc2nc(SCC(=O)Nc3ccc(C(C)=O)cc3)n[nH]2)cc1OC. The van der Waals surface area contributed by atoms with Gasteiger partial charge in [0.05, 0.1) is 20.0 Å². The number of nitrogens with zero attached hydrogens (tertiary/aromatic N) is 2. The lowest BCUT2D eigenvalue weighted by atomic mass is 10.1. The summed E-state index contributed by atoms with van der Waals surface area (Å²) in [7, 11) is 3.17. The van der Waals surface area contributed by atoms with Crippen molar-refractivity contribution in [1.29, 1.82) is 0 Å². The summed E-state index contributed by atoms with van der Waals surface area (Å²) in [4.78, 5) is 27.8. The minimum atomic E-state index is -0.187. The lowest BCUT2D eigenvalue weighted by Crippen LogP contribution is -2.14. The van der Waals surface area contributed by atoms with Crippen molar-refractivity contribution >= 4 is 41.3 Å². The highest BCUT2D eigenvalue weighted by atomic mass is 32.2. The van der Waals surface area contributed by atoms with Crippen molar-refractivity contribution in [3.8, 4) is 11.5 Å². The summed E-state index contributed by atoms with van der Waals surface area (Å²) in [5.41, 5.74) is 2.14. The predicted octanol–water partition coefficient (Wildman–Crippen LogP) is 3.93. The fourth-order valence-corrected chi connectivity index (χ4v) is 3.25. The van der Waals surface area contributed by atoms with E-state index in [0.717, 1.165) is 5.56 Å². The van der Waals surface area contributed by atoms with Crippen LogP contribution in [0.3, 0.4) is 0 Å². The summed E-state index contributed by atoms with van der Waals surface area (Å²) in [5.74, 6) is 1.82. The van der Waals surface area contributed by atoms with Crippen LogP contribution in [0.15, 0.2) is 47.6 Å². The molecule has 0 saturated carbocycles. The van der Waals surface area contributed by atoms with Crippen LogP contribution in [-0.4, -0.2) is 46.8 Å². The number of anilines is 1. The average Bonchev–Trinajstić information content (AvgIpc) is 3.24. The Morgan fingerprint density at radius 3 is 2.48 bits per heavy atom. The summed E-state index contributed by atoms with van der Waals surface area (Å²) < 4.78 is 10.5. The van der Waals surface area contributed by atoms with Gasteiger partial charge in [-0.25, -0.2) is 4.98 Å². The first-order valence-electron chi connectivity index (χ1n) is 9.34. The summed E-state index contributed by atoms with van der Waals surface area (Å²) in [6.07, 6.45) is 3.66. The van der Waals surface area contributed by atoms with E-state index in [0.29, 0.717) is 33.7 Å². The molecule has 3 rings (SSSR count). The van der Waals surface area contributed by atoms with Gasteiger partial charge in [0, 0.05) is 11.3 Å². The molecule has 0 saturated heterocycles. The van der Waals surface area contributed by atoms with Gasteiger partial charge in [-0.2, -0.15) is 0 Å². The zero-order valence-electron chi connectivity index (χ0n) is 17.3. The molecule has 1 amide bonds. The molecule has 8 nitrogen and oxygen atoms in total. The second-order valence-corrected chi connectivity index (χ2v) is 7.36. The van der Waals surface area contributed by atoms with E-state index in [-0.39, 0.29) is 17.4 Å². The zero-order valence-corrected chi connectivity index (χ0v) is 18.2. The van der Waals surface area contributed by atoms with Crippen molar-refractivity contribution in [3.05, 3.63) is 59.4 Å². The molecule has 3 aromatic rings.